The second-order valence-corrected chi connectivity index (χ2v) is 3.22. The highest BCUT2D eigenvalue weighted by molar-refractivity contribution is 8.13. The molecular formula is C5H10N8S. The summed E-state index contributed by atoms with van der Waals surface area (Å²) in [6.45, 7) is 0. The summed E-state index contributed by atoms with van der Waals surface area (Å²) in [5.74, 6) is 5.92. The van der Waals surface area contributed by atoms with Gasteiger partial charge in [-0.1, -0.05) is 11.8 Å². The maximum atomic E-state index is 5.36. The average molecular weight is 214 g/mol. The zero-order chi connectivity index (χ0) is 10.6. The predicted octanol–water partition coefficient (Wildman–Crippen LogP) is -1.54. The van der Waals surface area contributed by atoms with E-state index in [4.69, 9.17) is 23.0 Å². The van der Waals surface area contributed by atoms with E-state index in [0.29, 0.717) is 11.6 Å². The van der Waals surface area contributed by atoms with Gasteiger partial charge in [0.1, 0.15) is 5.82 Å². The Balaban J connectivity index is 2.67. The summed E-state index contributed by atoms with van der Waals surface area (Å²) in [5, 5.41) is 3.51. The van der Waals surface area contributed by atoms with E-state index in [1.165, 1.54) is 11.8 Å². The average Bonchev–Trinajstić information content (AvgIpc) is 2.12. The lowest BCUT2D eigenvalue weighted by atomic mass is 10.7. The number of rotatable bonds is 2. The first kappa shape index (κ1) is 10.3. The lowest BCUT2D eigenvalue weighted by molar-refractivity contribution is 0.989. The first-order valence-corrected chi connectivity index (χ1v) is 4.52. The molecule has 1 heterocycles. The zero-order valence-electron chi connectivity index (χ0n) is 7.21. The molecule has 14 heavy (non-hydrogen) atoms. The van der Waals surface area contributed by atoms with E-state index in [2.05, 4.69) is 20.1 Å². The number of anilines is 2. The largest absolute Gasteiger partial charge is 0.377 e. The van der Waals surface area contributed by atoms with Gasteiger partial charge in [0.25, 0.3) is 0 Å². The third-order valence-electron chi connectivity index (χ3n) is 1.19. The van der Waals surface area contributed by atoms with Gasteiger partial charge in [-0.15, -0.1) is 0 Å². The Labute approximate surface area is 84.2 Å². The van der Waals surface area contributed by atoms with Gasteiger partial charge in [0, 0.05) is 0 Å². The van der Waals surface area contributed by atoms with Crippen molar-refractivity contribution in [2.75, 3.05) is 11.5 Å². The molecule has 1 aromatic heterocycles. The minimum Gasteiger partial charge on any atom is -0.377 e. The highest BCUT2D eigenvalue weighted by Gasteiger charge is 2.03. The Morgan fingerprint density at radius 1 is 1.21 bits per heavy atom. The zero-order valence-corrected chi connectivity index (χ0v) is 8.03. The molecule has 1 aromatic rings. The van der Waals surface area contributed by atoms with Crippen molar-refractivity contribution >= 4 is 28.8 Å². The number of hydrogen-bond donors (Lipinski definition) is 4. The van der Waals surface area contributed by atoms with Crippen LogP contribution in [-0.4, -0.2) is 20.1 Å². The van der Waals surface area contributed by atoms with Crippen molar-refractivity contribution in [2.24, 2.45) is 16.7 Å². The van der Waals surface area contributed by atoms with Crippen molar-refractivity contribution in [1.29, 1.82) is 0 Å². The van der Waals surface area contributed by atoms with Crippen molar-refractivity contribution in [1.82, 2.24) is 15.0 Å². The van der Waals surface area contributed by atoms with E-state index in [1.54, 1.807) is 0 Å². The third kappa shape index (κ3) is 2.94. The monoisotopic (exact) mass is 214 g/mol. The van der Waals surface area contributed by atoms with Gasteiger partial charge in [0.2, 0.25) is 11.9 Å². The van der Waals surface area contributed by atoms with Crippen molar-refractivity contribution in [3.63, 3.8) is 0 Å². The quantitative estimate of drug-likeness (QED) is 0.200. The van der Waals surface area contributed by atoms with Gasteiger partial charge < -0.3 is 23.0 Å². The number of hydrazone groups is 1. The molecule has 0 spiro atoms. The van der Waals surface area contributed by atoms with Gasteiger partial charge in [-0.3, -0.25) is 0 Å². The van der Waals surface area contributed by atoms with Crippen LogP contribution in [0.4, 0.5) is 11.9 Å². The molecule has 8 nitrogen and oxygen atoms in total. The molecular weight excluding hydrogens is 204 g/mol. The van der Waals surface area contributed by atoms with E-state index in [1.807, 2.05) is 0 Å². The lowest BCUT2D eigenvalue weighted by Crippen LogP contribution is -2.11. The van der Waals surface area contributed by atoms with Crippen LogP contribution in [0.25, 0.3) is 0 Å². The third-order valence-corrected chi connectivity index (χ3v) is 2.00. The first-order chi connectivity index (χ1) is 6.61. The summed E-state index contributed by atoms with van der Waals surface area (Å²) < 4.78 is 0. The Kier molecular flexibility index (Phi) is 3.29. The number of amidine groups is 1. The maximum absolute atomic E-state index is 5.36. The van der Waals surface area contributed by atoms with Crippen LogP contribution in [0.2, 0.25) is 0 Å². The summed E-state index contributed by atoms with van der Waals surface area (Å²) in [6.07, 6.45) is 0. The Morgan fingerprint density at radius 3 is 2.29 bits per heavy atom. The second kappa shape index (κ2) is 4.46. The predicted molar refractivity (Wildman–Crippen MR) is 55.8 cm³/mol. The number of nitrogens with zero attached hydrogens (tertiary/aromatic N) is 4. The maximum Gasteiger partial charge on any atom is 0.225 e. The number of thioether (sulfide) groups is 1. The molecule has 0 atom stereocenters. The molecule has 8 N–H and O–H groups in total. The van der Waals surface area contributed by atoms with Crippen molar-refractivity contribution in [3.8, 4) is 0 Å². The van der Waals surface area contributed by atoms with E-state index in [-0.39, 0.29) is 17.1 Å². The summed E-state index contributed by atoms with van der Waals surface area (Å²) in [4.78, 5) is 11.3. The molecule has 0 saturated carbocycles. The molecule has 0 aliphatic heterocycles. The Hall–Kier alpha value is -1.77. The topological polar surface area (TPSA) is 155 Å². The Bertz CT molecular complexity index is 329. The molecule has 0 aliphatic rings. The molecule has 0 bridgehead atoms. The van der Waals surface area contributed by atoms with Gasteiger partial charge in [0.15, 0.2) is 5.17 Å². The fourth-order valence-electron chi connectivity index (χ4n) is 0.697. The van der Waals surface area contributed by atoms with Crippen LogP contribution in [0.15, 0.2) is 5.10 Å². The van der Waals surface area contributed by atoms with Gasteiger partial charge in [0.05, 0.1) is 5.75 Å². The molecule has 0 fully saturated rings. The summed E-state index contributed by atoms with van der Waals surface area (Å²) in [5.41, 5.74) is 16.1. The molecule has 0 saturated heterocycles. The number of nitrogens with two attached hydrogens (primary N) is 4. The fourth-order valence-corrected chi connectivity index (χ4v) is 1.18. The van der Waals surface area contributed by atoms with Crippen LogP contribution >= 0.6 is 11.8 Å². The Morgan fingerprint density at radius 2 is 1.79 bits per heavy atom. The van der Waals surface area contributed by atoms with Crippen LogP contribution < -0.4 is 23.0 Å². The highest BCUT2D eigenvalue weighted by atomic mass is 32.2. The van der Waals surface area contributed by atoms with Crippen LogP contribution in [0.3, 0.4) is 0 Å². The van der Waals surface area contributed by atoms with E-state index < -0.39 is 0 Å². The summed E-state index contributed by atoms with van der Waals surface area (Å²) in [7, 11) is 0. The number of aromatic nitrogens is 3. The van der Waals surface area contributed by atoms with Crippen molar-refractivity contribution < 1.29 is 0 Å². The van der Waals surface area contributed by atoms with Crippen molar-refractivity contribution in [3.05, 3.63) is 5.82 Å². The number of hydrogen-bond acceptors (Lipinski definition) is 8. The molecule has 76 valence electrons. The molecule has 0 radical (unpaired) electrons. The van der Waals surface area contributed by atoms with Crippen LogP contribution in [-0.2, 0) is 5.75 Å². The van der Waals surface area contributed by atoms with Crippen molar-refractivity contribution in [2.45, 2.75) is 5.75 Å². The minimum atomic E-state index is 0.0800. The standard InChI is InChI=1S/C5H10N8S/c6-3-10-2(11-4(7)12-3)1-14-5(8)13-9/h1,9H2,(H2,8,13)(H4,6,7,10,11,12). The van der Waals surface area contributed by atoms with Gasteiger partial charge in [-0.2, -0.15) is 20.1 Å². The van der Waals surface area contributed by atoms with E-state index >= 15 is 0 Å². The van der Waals surface area contributed by atoms with Crippen LogP contribution in [0.1, 0.15) is 5.82 Å². The summed E-state index contributed by atoms with van der Waals surface area (Å²) in [6, 6.07) is 0. The van der Waals surface area contributed by atoms with Gasteiger partial charge in [-0.05, 0) is 0 Å². The van der Waals surface area contributed by atoms with Gasteiger partial charge in [-0.25, -0.2) is 0 Å². The van der Waals surface area contributed by atoms with Crippen LogP contribution in [0.5, 0.6) is 0 Å². The normalized spacial score (nSPS) is 11.6. The highest BCUT2D eigenvalue weighted by Crippen LogP contribution is 2.09. The molecule has 0 aliphatic carbocycles. The molecule has 0 unspecified atom stereocenters. The van der Waals surface area contributed by atoms with Crippen LogP contribution in [0, 0.1) is 0 Å². The fraction of sp³-hybridized carbons (Fsp3) is 0.200. The minimum absolute atomic E-state index is 0.0800. The van der Waals surface area contributed by atoms with E-state index in [9.17, 15) is 0 Å². The first-order valence-electron chi connectivity index (χ1n) is 3.54. The SMILES string of the molecule is N/N=C(\N)SCc1nc(N)nc(N)n1. The molecule has 9 heteroatoms. The molecule has 0 aromatic carbocycles. The molecule has 0 amide bonds. The van der Waals surface area contributed by atoms with Gasteiger partial charge >= 0.3 is 0 Å². The lowest BCUT2D eigenvalue weighted by Gasteiger charge is -2.00. The smallest absolute Gasteiger partial charge is 0.225 e. The van der Waals surface area contributed by atoms with E-state index in [0.717, 1.165) is 0 Å². The summed E-state index contributed by atoms with van der Waals surface area (Å²) >= 11 is 1.19. The molecule has 1 rings (SSSR count). The number of nitrogen functional groups attached to an aromatic ring is 2. The second-order valence-electron chi connectivity index (χ2n) is 2.22.